The van der Waals surface area contributed by atoms with Gasteiger partial charge in [0.1, 0.15) is 12.1 Å². The Kier molecular flexibility index (Phi) is 4.08. The maximum Gasteiger partial charge on any atom is 0.252 e. The molecule has 0 radical (unpaired) electrons. The molecule has 0 fully saturated rings. The van der Waals surface area contributed by atoms with Crippen molar-refractivity contribution < 1.29 is 14.7 Å². The molecular weight excluding hydrogens is 294 g/mol. The minimum Gasteiger partial charge on any atom is -0.386 e. The van der Waals surface area contributed by atoms with Gasteiger partial charge in [-0.25, -0.2) is 0 Å². The minimum absolute atomic E-state index is 0.318. The zero-order valence-electron chi connectivity index (χ0n) is 12.6. The second-order valence-corrected chi connectivity index (χ2v) is 5.27. The molecule has 0 bridgehead atoms. The van der Waals surface area contributed by atoms with E-state index in [0.717, 1.165) is 0 Å². The molecule has 0 saturated heterocycles. The topological polar surface area (TPSA) is 82.5 Å². The highest BCUT2D eigenvalue weighted by Gasteiger charge is 2.39. The lowest BCUT2D eigenvalue weighted by atomic mass is 9.93. The molecule has 2 atom stereocenters. The van der Waals surface area contributed by atoms with Crippen LogP contribution in [0.15, 0.2) is 48.8 Å². The molecule has 0 aliphatic carbocycles. The van der Waals surface area contributed by atoms with Crippen LogP contribution < -0.4 is 10.2 Å². The highest BCUT2D eigenvalue weighted by Crippen LogP contribution is 2.34. The van der Waals surface area contributed by atoms with E-state index in [0.29, 0.717) is 23.4 Å². The number of nitrogens with one attached hydrogen (secondary N) is 1. The van der Waals surface area contributed by atoms with Gasteiger partial charge in [-0.05, 0) is 25.1 Å². The third-order valence-corrected chi connectivity index (χ3v) is 3.94. The molecule has 6 heteroatoms. The summed E-state index contributed by atoms with van der Waals surface area (Å²) in [5.41, 5.74) is 1.71. The molecule has 2 amide bonds. The average molecular weight is 311 g/mol. The summed E-state index contributed by atoms with van der Waals surface area (Å²) in [6, 6.07) is 9.28. The highest BCUT2D eigenvalue weighted by molar-refractivity contribution is 6.04. The Bertz CT molecular complexity index is 733. The van der Waals surface area contributed by atoms with Gasteiger partial charge >= 0.3 is 0 Å². The Morgan fingerprint density at radius 1 is 1.26 bits per heavy atom. The molecule has 2 unspecified atom stereocenters. The molecule has 2 aromatic rings. The summed E-state index contributed by atoms with van der Waals surface area (Å²) in [5.74, 6) is -0.735. The van der Waals surface area contributed by atoms with Gasteiger partial charge in [0.05, 0.1) is 0 Å². The monoisotopic (exact) mass is 311 g/mol. The van der Waals surface area contributed by atoms with Crippen molar-refractivity contribution in [1.82, 2.24) is 10.3 Å². The van der Waals surface area contributed by atoms with Crippen molar-refractivity contribution >= 4 is 17.5 Å². The number of fused-ring (bicyclic) bond motifs is 1. The number of benzene rings is 1. The predicted octanol–water partition coefficient (Wildman–Crippen LogP) is 1.28. The van der Waals surface area contributed by atoms with Crippen LogP contribution in [0.5, 0.6) is 0 Å². The number of hydrogen-bond acceptors (Lipinski definition) is 4. The Morgan fingerprint density at radius 3 is 2.65 bits per heavy atom. The Balaban J connectivity index is 1.91. The molecule has 1 aliphatic rings. The van der Waals surface area contributed by atoms with Crippen molar-refractivity contribution in [3.05, 3.63) is 59.9 Å². The number of aliphatic hydroxyl groups excluding tert-OH is 1. The van der Waals surface area contributed by atoms with E-state index in [1.807, 2.05) is 13.0 Å². The summed E-state index contributed by atoms with van der Waals surface area (Å²) in [4.78, 5) is 30.3. The summed E-state index contributed by atoms with van der Waals surface area (Å²) in [6.45, 7) is 2.32. The standard InChI is InChI=1S/C17H17N3O3/c1-2-20-13-6-4-3-5-12(13)15(21)14(17(20)23)19-16(22)11-7-9-18-10-8-11/h3-10,14-15,21H,2H2,1H3,(H,19,22). The molecule has 1 aromatic carbocycles. The molecule has 23 heavy (non-hydrogen) atoms. The summed E-state index contributed by atoms with van der Waals surface area (Å²) < 4.78 is 0. The number of carbonyl (C=O) groups excluding carboxylic acids is 2. The molecule has 0 saturated carbocycles. The highest BCUT2D eigenvalue weighted by atomic mass is 16.3. The van der Waals surface area contributed by atoms with E-state index in [4.69, 9.17) is 0 Å². The first-order valence-corrected chi connectivity index (χ1v) is 7.42. The van der Waals surface area contributed by atoms with E-state index < -0.39 is 18.1 Å². The van der Waals surface area contributed by atoms with Crippen LogP contribution in [0.3, 0.4) is 0 Å². The smallest absolute Gasteiger partial charge is 0.252 e. The lowest BCUT2D eigenvalue weighted by Crippen LogP contribution is -2.54. The first-order valence-electron chi connectivity index (χ1n) is 7.42. The average Bonchev–Trinajstić information content (AvgIpc) is 2.60. The fourth-order valence-corrected chi connectivity index (χ4v) is 2.78. The molecule has 1 aliphatic heterocycles. The third kappa shape index (κ3) is 2.68. The number of anilines is 1. The SMILES string of the molecule is CCN1C(=O)C(NC(=O)c2ccncc2)C(O)c2ccccc21. The van der Waals surface area contributed by atoms with Crippen LogP contribution in [-0.2, 0) is 4.79 Å². The molecular formula is C17H17N3O3. The van der Waals surface area contributed by atoms with Crippen LogP contribution in [0.4, 0.5) is 5.69 Å². The second-order valence-electron chi connectivity index (χ2n) is 5.27. The van der Waals surface area contributed by atoms with E-state index in [-0.39, 0.29) is 5.91 Å². The van der Waals surface area contributed by atoms with Gasteiger partial charge < -0.3 is 15.3 Å². The Hall–Kier alpha value is -2.73. The summed E-state index contributed by atoms with van der Waals surface area (Å²) in [5, 5.41) is 13.2. The summed E-state index contributed by atoms with van der Waals surface area (Å²) in [7, 11) is 0. The zero-order chi connectivity index (χ0) is 16.4. The lowest BCUT2D eigenvalue weighted by Gasteiger charge is -2.37. The largest absolute Gasteiger partial charge is 0.386 e. The van der Waals surface area contributed by atoms with Gasteiger partial charge in [0.15, 0.2) is 0 Å². The number of pyridine rings is 1. The van der Waals surface area contributed by atoms with Gasteiger partial charge in [0.25, 0.3) is 11.8 Å². The summed E-state index contributed by atoms with van der Waals surface area (Å²) >= 11 is 0. The summed E-state index contributed by atoms with van der Waals surface area (Å²) in [6.07, 6.45) is 1.93. The van der Waals surface area contributed by atoms with Crippen molar-refractivity contribution in [2.45, 2.75) is 19.1 Å². The first-order chi connectivity index (χ1) is 11.1. The number of hydrogen-bond donors (Lipinski definition) is 2. The Labute approximate surface area is 133 Å². The fraction of sp³-hybridized carbons (Fsp3) is 0.235. The molecule has 2 N–H and O–H groups in total. The minimum atomic E-state index is -1.08. The van der Waals surface area contributed by atoms with Crippen LogP contribution in [0.1, 0.15) is 28.9 Å². The molecule has 118 valence electrons. The fourth-order valence-electron chi connectivity index (χ4n) is 2.78. The van der Waals surface area contributed by atoms with Crippen molar-refractivity contribution in [2.75, 3.05) is 11.4 Å². The number of rotatable bonds is 3. The predicted molar refractivity (Wildman–Crippen MR) is 84.9 cm³/mol. The molecule has 2 heterocycles. The molecule has 1 aromatic heterocycles. The number of para-hydroxylation sites is 1. The van der Waals surface area contributed by atoms with Gasteiger partial charge in [0.2, 0.25) is 0 Å². The molecule has 3 rings (SSSR count). The van der Waals surface area contributed by atoms with Crippen LogP contribution in [0.25, 0.3) is 0 Å². The van der Waals surface area contributed by atoms with Gasteiger partial charge in [0, 0.05) is 35.8 Å². The van der Waals surface area contributed by atoms with Crippen LogP contribution in [0.2, 0.25) is 0 Å². The molecule has 0 spiro atoms. The normalized spacial score (nSPS) is 20.1. The maximum atomic E-state index is 12.6. The van der Waals surface area contributed by atoms with Gasteiger partial charge in [-0.2, -0.15) is 0 Å². The van der Waals surface area contributed by atoms with Gasteiger partial charge in [-0.1, -0.05) is 18.2 Å². The second kappa shape index (κ2) is 6.18. The number of amides is 2. The van der Waals surface area contributed by atoms with Crippen molar-refractivity contribution in [1.29, 1.82) is 0 Å². The van der Waals surface area contributed by atoms with Crippen LogP contribution in [-0.4, -0.2) is 34.5 Å². The van der Waals surface area contributed by atoms with E-state index in [1.54, 1.807) is 35.2 Å². The number of aliphatic hydroxyl groups is 1. The van der Waals surface area contributed by atoms with E-state index in [9.17, 15) is 14.7 Å². The molecule has 6 nitrogen and oxygen atoms in total. The van der Waals surface area contributed by atoms with Crippen LogP contribution in [0, 0.1) is 0 Å². The zero-order valence-corrected chi connectivity index (χ0v) is 12.6. The number of likely N-dealkylation sites (N-methyl/N-ethyl adjacent to an activating group) is 1. The Morgan fingerprint density at radius 2 is 1.96 bits per heavy atom. The van der Waals surface area contributed by atoms with E-state index >= 15 is 0 Å². The van der Waals surface area contributed by atoms with Gasteiger partial charge in [-0.3, -0.25) is 14.6 Å². The van der Waals surface area contributed by atoms with E-state index in [2.05, 4.69) is 10.3 Å². The van der Waals surface area contributed by atoms with Crippen LogP contribution >= 0.6 is 0 Å². The van der Waals surface area contributed by atoms with Gasteiger partial charge in [-0.15, -0.1) is 0 Å². The maximum absolute atomic E-state index is 12.6. The quantitative estimate of drug-likeness (QED) is 0.894. The first kappa shape index (κ1) is 15.2. The lowest BCUT2D eigenvalue weighted by molar-refractivity contribution is -0.123. The van der Waals surface area contributed by atoms with Crippen molar-refractivity contribution in [2.24, 2.45) is 0 Å². The number of nitrogens with zero attached hydrogens (tertiary/aromatic N) is 2. The number of aromatic nitrogens is 1. The van der Waals surface area contributed by atoms with Crippen molar-refractivity contribution in [3.63, 3.8) is 0 Å². The number of carbonyl (C=O) groups is 2. The van der Waals surface area contributed by atoms with Crippen molar-refractivity contribution in [3.8, 4) is 0 Å². The van der Waals surface area contributed by atoms with E-state index in [1.165, 1.54) is 12.4 Å². The third-order valence-electron chi connectivity index (χ3n) is 3.94.